The number of rotatable bonds is 8. The summed E-state index contributed by atoms with van der Waals surface area (Å²) in [6, 6.07) is 10.0. The van der Waals surface area contributed by atoms with Gasteiger partial charge in [0, 0.05) is 13.3 Å². The highest BCUT2D eigenvalue weighted by molar-refractivity contribution is 6.73. The van der Waals surface area contributed by atoms with Gasteiger partial charge in [-0.15, -0.1) is 0 Å². The van der Waals surface area contributed by atoms with Crippen molar-refractivity contribution in [1.82, 2.24) is 4.90 Å². The van der Waals surface area contributed by atoms with E-state index in [1.165, 1.54) is 23.2 Å². The smallest absolute Gasteiger partial charge is 0.116 e. The van der Waals surface area contributed by atoms with Crippen molar-refractivity contribution in [2.24, 2.45) is 0 Å². The molecule has 1 aromatic rings. The first-order valence-electron chi connectivity index (χ1n) is 6.38. The fourth-order valence-corrected chi connectivity index (χ4v) is 4.11. The SMILES string of the molecule is C=Cc1ccc([Si](CCCN(C)C)COC)cc1. The standard InChI is InChI=1S/C15H24NOSi/c1-5-14-7-9-15(10-8-14)18(13-17-4)12-6-11-16(2)3/h5,7-10H,1,6,11-13H2,2-4H3. The highest BCUT2D eigenvalue weighted by atomic mass is 28.3. The molecule has 0 bridgehead atoms. The first-order valence-corrected chi connectivity index (χ1v) is 8.30. The Bertz CT molecular complexity index is 348. The molecule has 3 heteroatoms. The van der Waals surface area contributed by atoms with Gasteiger partial charge in [0.05, 0.1) is 0 Å². The van der Waals surface area contributed by atoms with E-state index < -0.39 is 8.80 Å². The molecule has 0 aromatic heterocycles. The Hall–Kier alpha value is -0.903. The van der Waals surface area contributed by atoms with E-state index in [9.17, 15) is 0 Å². The van der Waals surface area contributed by atoms with Gasteiger partial charge in [-0.1, -0.05) is 48.2 Å². The number of hydrogen-bond acceptors (Lipinski definition) is 2. The Morgan fingerprint density at radius 1 is 1.28 bits per heavy atom. The van der Waals surface area contributed by atoms with Gasteiger partial charge in [-0.05, 0) is 32.6 Å². The normalized spacial score (nSPS) is 11.2. The zero-order chi connectivity index (χ0) is 13.4. The molecular formula is C15H24NOSi. The predicted octanol–water partition coefficient (Wildman–Crippen LogP) is 2.17. The highest BCUT2D eigenvalue weighted by Crippen LogP contribution is 2.04. The Morgan fingerprint density at radius 3 is 2.44 bits per heavy atom. The molecule has 0 aliphatic rings. The summed E-state index contributed by atoms with van der Waals surface area (Å²) in [5.74, 6) is 0. The summed E-state index contributed by atoms with van der Waals surface area (Å²) in [6.07, 6.45) is 4.03. The molecule has 99 valence electrons. The topological polar surface area (TPSA) is 12.5 Å². The lowest BCUT2D eigenvalue weighted by Gasteiger charge is -2.16. The van der Waals surface area contributed by atoms with Crippen LogP contribution in [0.3, 0.4) is 0 Å². The third kappa shape index (κ3) is 5.17. The van der Waals surface area contributed by atoms with Crippen LogP contribution in [0.1, 0.15) is 12.0 Å². The van der Waals surface area contributed by atoms with Crippen molar-refractivity contribution < 1.29 is 4.74 Å². The molecule has 0 fully saturated rings. The van der Waals surface area contributed by atoms with E-state index in [1.54, 1.807) is 7.11 Å². The lowest BCUT2D eigenvalue weighted by Crippen LogP contribution is -2.35. The van der Waals surface area contributed by atoms with Gasteiger partial charge >= 0.3 is 0 Å². The number of benzene rings is 1. The van der Waals surface area contributed by atoms with Gasteiger partial charge in [-0.3, -0.25) is 0 Å². The van der Waals surface area contributed by atoms with Crippen LogP contribution < -0.4 is 5.19 Å². The summed E-state index contributed by atoms with van der Waals surface area (Å²) in [5.41, 5.74) is 1.19. The fourth-order valence-electron chi connectivity index (χ4n) is 1.94. The highest BCUT2D eigenvalue weighted by Gasteiger charge is 2.13. The van der Waals surface area contributed by atoms with Crippen molar-refractivity contribution in [2.75, 3.05) is 34.0 Å². The second-order valence-corrected chi connectivity index (χ2v) is 7.34. The monoisotopic (exact) mass is 262 g/mol. The minimum atomic E-state index is -0.576. The van der Waals surface area contributed by atoms with Crippen LogP contribution in [-0.4, -0.2) is 47.7 Å². The number of nitrogens with zero attached hydrogens (tertiary/aromatic N) is 1. The van der Waals surface area contributed by atoms with Crippen LogP contribution in [0.25, 0.3) is 6.08 Å². The second-order valence-electron chi connectivity index (χ2n) is 4.77. The number of ether oxygens (including phenoxy) is 1. The summed E-state index contributed by atoms with van der Waals surface area (Å²) in [7, 11) is 5.48. The van der Waals surface area contributed by atoms with Crippen LogP contribution in [0.15, 0.2) is 30.8 Å². The molecule has 0 amide bonds. The van der Waals surface area contributed by atoms with E-state index >= 15 is 0 Å². The average Bonchev–Trinajstić information content (AvgIpc) is 2.37. The summed E-state index contributed by atoms with van der Waals surface area (Å²) in [5, 5.41) is 1.46. The molecule has 18 heavy (non-hydrogen) atoms. The molecule has 1 aromatic carbocycles. The number of methoxy groups -OCH3 is 1. The van der Waals surface area contributed by atoms with E-state index in [0.29, 0.717) is 0 Å². The molecule has 1 radical (unpaired) electrons. The third-order valence-corrected chi connectivity index (χ3v) is 5.70. The molecule has 0 aliphatic carbocycles. The molecule has 0 aliphatic heterocycles. The van der Waals surface area contributed by atoms with Gasteiger partial charge in [0.2, 0.25) is 0 Å². The van der Waals surface area contributed by atoms with E-state index in [4.69, 9.17) is 4.74 Å². The van der Waals surface area contributed by atoms with Crippen molar-refractivity contribution in [3.05, 3.63) is 36.4 Å². The maximum absolute atomic E-state index is 5.38. The Balaban J connectivity index is 2.61. The molecule has 0 heterocycles. The Morgan fingerprint density at radius 2 is 1.94 bits per heavy atom. The summed E-state index contributed by atoms with van der Waals surface area (Å²) in [6.45, 7) is 4.94. The van der Waals surface area contributed by atoms with Crippen molar-refractivity contribution in [3.8, 4) is 0 Å². The van der Waals surface area contributed by atoms with Gasteiger partial charge in [-0.25, -0.2) is 0 Å². The molecule has 0 saturated carbocycles. The summed E-state index contributed by atoms with van der Waals surface area (Å²) < 4.78 is 5.38. The lowest BCUT2D eigenvalue weighted by atomic mass is 10.2. The molecule has 1 rings (SSSR count). The van der Waals surface area contributed by atoms with Crippen LogP contribution in [0, 0.1) is 0 Å². The Labute approximate surface area is 113 Å². The van der Waals surface area contributed by atoms with Gasteiger partial charge < -0.3 is 9.64 Å². The summed E-state index contributed by atoms with van der Waals surface area (Å²) >= 11 is 0. The van der Waals surface area contributed by atoms with E-state index in [0.717, 1.165) is 12.8 Å². The minimum absolute atomic E-state index is 0.576. The Kier molecular flexibility index (Phi) is 6.94. The van der Waals surface area contributed by atoms with Gasteiger partial charge in [0.1, 0.15) is 8.80 Å². The first kappa shape index (κ1) is 15.2. The zero-order valence-corrected chi connectivity index (χ0v) is 12.8. The average molecular weight is 262 g/mol. The largest absolute Gasteiger partial charge is 0.388 e. The van der Waals surface area contributed by atoms with Gasteiger partial charge in [-0.2, -0.15) is 0 Å². The van der Waals surface area contributed by atoms with Crippen molar-refractivity contribution >= 4 is 20.1 Å². The van der Waals surface area contributed by atoms with Gasteiger partial charge in [0.15, 0.2) is 0 Å². The lowest BCUT2D eigenvalue weighted by molar-refractivity contribution is 0.249. The number of hydrogen-bond donors (Lipinski definition) is 0. The van der Waals surface area contributed by atoms with Crippen molar-refractivity contribution in [1.29, 1.82) is 0 Å². The quantitative estimate of drug-likeness (QED) is 0.666. The third-order valence-electron chi connectivity index (χ3n) is 2.96. The molecular weight excluding hydrogens is 238 g/mol. The maximum Gasteiger partial charge on any atom is 0.116 e. The van der Waals surface area contributed by atoms with Crippen LogP contribution in [0.5, 0.6) is 0 Å². The van der Waals surface area contributed by atoms with Crippen LogP contribution in [0.2, 0.25) is 6.04 Å². The maximum atomic E-state index is 5.38. The molecule has 0 atom stereocenters. The predicted molar refractivity (Wildman–Crippen MR) is 81.8 cm³/mol. The van der Waals surface area contributed by atoms with Crippen LogP contribution >= 0.6 is 0 Å². The van der Waals surface area contributed by atoms with E-state index in [-0.39, 0.29) is 0 Å². The van der Waals surface area contributed by atoms with Crippen LogP contribution in [0.4, 0.5) is 0 Å². The molecule has 0 saturated heterocycles. The second kappa shape index (κ2) is 8.24. The van der Waals surface area contributed by atoms with Crippen molar-refractivity contribution in [2.45, 2.75) is 12.5 Å². The fraction of sp³-hybridized carbons (Fsp3) is 0.467. The summed E-state index contributed by atoms with van der Waals surface area (Å²) in [4.78, 5) is 2.24. The zero-order valence-electron chi connectivity index (χ0n) is 11.8. The van der Waals surface area contributed by atoms with E-state index in [2.05, 4.69) is 49.8 Å². The minimum Gasteiger partial charge on any atom is -0.388 e. The van der Waals surface area contributed by atoms with Gasteiger partial charge in [0.25, 0.3) is 0 Å². The van der Waals surface area contributed by atoms with Crippen molar-refractivity contribution in [3.63, 3.8) is 0 Å². The molecule has 0 N–H and O–H groups in total. The molecule has 0 spiro atoms. The molecule has 0 unspecified atom stereocenters. The molecule has 2 nitrogen and oxygen atoms in total. The first-order chi connectivity index (χ1) is 8.67. The van der Waals surface area contributed by atoms with Crippen LogP contribution in [-0.2, 0) is 4.74 Å². The van der Waals surface area contributed by atoms with E-state index in [1.807, 2.05) is 6.08 Å².